The van der Waals surface area contributed by atoms with Gasteiger partial charge in [-0.15, -0.1) is 10.2 Å². The first kappa shape index (κ1) is 12.8. The molecule has 0 aromatic carbocycles. The lowest BCUT2D eigenvalue weighted by atomic mass is 10.2. The average molecular weight is 260 g/mol. The second-order valence-electron chi connectivity index (χ2n) is 3.82. The lowest BCUT2D eigenvalue weighted by molar-refractivity contribution is -0.137. The van der Waals surface area contributed by atoms with E-state index in [1.54, 1.807) is 0 Å². The molecule has 0 radical (unpaired) electrons. The number of aliphatic hydroxyl groups excluding tert-OH is 1. The third-order valence-electron chi connectivity index (χ3n) is 2.53. The Balaban J connectivity index is 2.50. The Morgan fingerprint density at radius 2 is 2.06 bits per heavy atom. The zero-order chi connectivity index (χ0) is 13.3. The highest BCUT2D eigenvalue weighted by Gasteiger charge is 2.31. The summed E-state index contributed by atoms with van der Waals surface area (Å²) in [4.78, 5) is 0. The maximum Gasteiger partial charge on any atom is 0.417 e. The molecule has 8 heteroatoms. The van der Waals surface area contributed by atoms with Gasteiger partial charge in [-0.2, -0.15) is 13.2 Å². The average Bonchev–Trinajstić information content (AvgIpc) is 2.70. The molecule has 5 nitrogen and oxygen atoms in total. The summed E-state index contributed by atoms with van der Waals surface area (Å²) < 4.78 is 38.9. The summed E-state index contributed by atoms with van der Waals surface area (Å²) in [7, 11) is 0. The summed E-state index contributed by atoms with van der Waals surface area (Å²) in [5, 5.41) is 16.2. The monoisotopic (exact) mass is 260 g/mol. The Labute approximate surface area is 100 Å². The fraction of sp³-hybridized carbons (Fsp3) is 0.400. The second kappa shape index (κ2) is 4.54. The van der Waals surface area contributed by atoms with Crippen molar-refractivity contribution in [3.8, 4) is 0 Å². The minimum Gasteiger partial charge on any atom is -0.396 e. The third kappa shape index (κ3) is 2.29. The lowest BCUT2D eigenvalue weighted by Gasteiger charge is -2.10. The van der Waals surface area contributed by atoms with Gasteiger partial charge in [0.15, 0.2) is 11.5 Å². The van der Waals surface area contributed by atoms with Crippen LogP contribution in [-0.4, -0.2) is 26.3 Å². The molecule has 0 fully saturated rings. The number of nitrogens with zero attached hydrogens (tertiary/aromatic N) is 3. The summed E-state index contributed by atoms with van der Waals surface area (Å²) in [5.74, 6) is 0.199. The van der Waals surface area contributed by atoms with Gasteiger partial charge in [0, 0.05) is 12.8 Å². The van der Waals surface area contributed by atoms with Gasteiger partial charge in [-0.1, -0.05) is 0 Å². The topological polar surface area (TPSA) is 76.4 Å². The second-order valence-corrected chi connectivity index (χ2v) is 3.82. The Bertz CT molecular complexity index is 552. The van der Waals surface area contributed by atoms with Crippen molar-refractivity contribution in [2.75, 3.05) is 6.61 Å². The first-order valence-corrected chi connectivity index (χ1v) is 5.22. The van der Waals surface area contributed by atoms with Crippen LogP contribution < -0.4 is 5.73 Å². The van der Waals surface area contributed by atoms with Crippen LogP contribution >= 0.6 is 0 Å². The molecule has 0 aliphatic heterocycles. The van der Waals surface area contributed by atoms with Gasteiger partial charge in [-0.05, 0) is 18.6 Å². The highest BCUT2D eigenvalue weighted by atomic mass is 19.4. The molecule has 0 saturated carbocycles. The van der Waals surface area contributed by atoms with E-state index in [1.165, 1.54) is 10.5 Å². The zero-order valence-electron chi connectivity index (χ0n) is 9.22. The third-order valence-corrected chi connectivity index (χ3v) is 2.53. The van der Waals surface area contributed by atoms with Crippen LogP contribution in [0.3, 0.4) is 0 Å². The highest BCUT2D eigenvalue weighted by molar-refractivity contribution is 5.40. The van der Waals surface area contributed by atoms with Crippen LogP contribution in [0.2, 0.25) is 0 Å². The van der Waals surface area contributed by atoms with Crippen LogP contribution in [0.15, 0.2) is 18.3 Å². The summed E-state index contributed by atoms with van der Waals surface area (Å²) in [5.41, 5.74) is 5.20. The molecule has 0 spiro atoms. The van der Waals surface area contributed by atoms with Gasteiger partial charge in [0.2, 0.25) is 0 Å². The van der Waals surface area contributed by atoms with E-state index in [1.807, 2.05) is 0 Å². The van der Waals surface area contributed by atoms with Gasteiger partial charge in [0.25, 0.3) is 0 Å². The molecule has 18 heavy (non-hydrogen) atoms. The van der Waals surface area contributed by atoms with Gasteiger partial charge in [-0.25, -0.2) is 0 Å². The van der Waals surface area contributed by atoms with Gasteiger partial charge in [-0.3, -0.25) is 4.40 Å². The number of aliphatic hydroxyl groups is 1. The van der Waals surface area contributed by atoms with Gasteiger partial charge in [0.05, 0.1) is 11.6 Å². The molecule has 2 aromatic heterocycles. The molecule has 3 N–H and O–H groups in total. The maximum atomic E-state index is 12.6. The molecule has 2 heterocycles. The first-order valence-electron chi connectivity index (χ1n) is 5.22. The summed E-state index contributed by atoms with van der Waals surface area (Å²) in [6, 6.07) is 1.50. The molecule has 1 atom stereocenters. The largest absolute Gasteiger partial charge is 0.417 e. The van der Waals surface area contributed by atoms with Crippen molar-refractivity contribution in [3.63, 3.8) is 0 Å². The van der Waals surface area contributed by atoms with Crippen molar-refractivity contribution >= 4 is 5.65 Å². The number of hydrogen-bond acceptors (Lipinski definition) is 4. The Kier molecular flexibility index (Phi) is 3.22. The fourth-order valence-electron chi connectivity index (χ4n) is 1.60. The quantitative estimate of drug-likeness (QED) is 0.867. The standard InChI is InChI=1S/C10H11F3N4O/c11-10(12,13)6-1-2-8-15-16-9(17(8)5-6)7(14)3-4-18/h1-2,5,7,18H,3-4,14H2. The number of aromatic nitrogens is 3. The van der Waals surface area contributed by atoms with Gasteiger partial charge in [0.1, 0.15) is 0 Å². The zero-order valence-corrected chi connectivity index (χ0v) is 9.22. The Morgan fingerprint density at radius 1 is 1.33 bits per heavy atom. The minimum atomic E-state index is -4.43. The van der Waals surface area contributed by atoms with Crippen LogP contribution in [0.5, 0.6) is 0 Å². The van der Waals surface area contributed by atoms with Crippen LogP contribution in [0.4, 0.5) is 13.2 Å². The van der Waals surface area contributed by atoms with Crippen LogP contribution in [0, 0.1) is 0 Å². The molecule has 2 aromatic rings. The lowest BCUT2D eigenvalue weighted by Crippen LogP contribution is -2.16. The van der Waals surface area contributed by atoms with E-state index in [4.69, 9.17) is 10.8 Å². The number of pyridine rings is 1. The van der Waals surface area contributed by atoms with Crippen molar-refractivity contribution in [2.45, 2.75) is 18.6 Å². The smallest absolute Gasteiger partial charge is 0.396 e. The molecule has 0 aliphatic rings. The summed E-state index contributed by atoms with van der Waals surface area (Å²) in [6.45, 7) is -0.172. The van der Waals surface area contributed by atoms with Crippen molar-refractivity contribution in [3.05, 3.63) is 29.7 Å². The van der Waals surface area contributed by atoms with Gasteiger partial charge >= 0.3 is 6.18 Å². The summed E-state index contributed by atoms with van der Waals surface area (Å²) in [6.07, 6.45) is -3.32. The van der Waals surface area contributed by atoms with E-state index in [0.29, 0.717) is 0 Å². The van der Waals surface area contributed by atoms with E-state index in [2.05, 4.69) is 10.2 Å². The normalized spacial score (nSPS) is 14.1. The molecular formula is C10H11F3N4O. The Hall–Kier alpha value is -1.67. The van der Waals surface area contributed by atoms with Crippen molar-refractivity contribution < 1.29 is 18.3 Å². The molecular weight excluding hydrogens is 249 g/mol. The van der Waals surface area contributed by atoms with Crippen molar-refractivity contribution in [1.82, 2.24) is 14.6 Å². The van der Waals surface area contributed by atoms with E-state index in [-0.39, 0.29) is 24.5 Å². The predicted molar refractivity (Wildman–Crippen MR) is 56.6 cm³/mol. The number of halogens is 3. The molecule has 0 amide bonds. The van der Waals surface area contributed by atoms with Crippen LogP contribution in [0.1, 0.15) is 23.9 Å². The van der Waals surface area contributed by atoms with E-state index < -0.39 is 17.8 Å². The SMILES string of the molecule is NC(CCO)c1nnc2ccc(C(F)(F)F)cn12. The predicted octanol–water partition coefficient (Wildman–Crippen LogP) is 1.13. The minimum absolute atomic E-state index is 0.172. The van der Waals surface area contributed by atoms with E-state index in [9.17, 15) is 13.2 Å². The molecule has 0 saturated heterocycles. The molecule has 0 bridgehead atoms. The number of nitrogens with two attached hydrogens (primary N) is 1. The molecule has 98 valence electrons. The van der Waals surface area contributed by atoms with Crippen LogP contribution in [0.25, 0.3) is 5.65 Å². The maximum absolute atomic E-state index is 12.6. The summed E-state index contributed by atoms with van der Waals surface area (Å²) >= 11 is 0. The van der Waals surface area contributed by atoms with Crippen molar-refractivity contribution in [2.24, 2.45) is 5.73 Å². The number of rotatable bonds is 3. The molecule has 1 unspecified atom stereocenters. The van der Waals surface area contributed by atoms with Crippen molar-refractivity contribution in [1.29, 1.82) is 0 Å². The molecule has 0 aliphatic carbocycles. The van der Waals surface area contributed by atoms with Gasteiger partial charge < -0.3 is 10.8 Å². The fourth-order valence-corrected chi connectivity index (χ4v) is 1.60. The Morgan fingerprint density at radius 3 is 2.67 bits per heavy atom. The number of alkyl halides is 3. The van der Waals surface area contributed by atoms with Crippen LogP contribution in [-0.2, 0) is 6.18 Å². The number of hydrogen-bond donors (Lipinski definition) is 2. The molecule has 2 rings (SSSR count). The van der Waals surface area contributed by atoms with E-state index >= 15 is 0 Å². The first-order chi connectivity index (χ1) is 8.43. The van der Waals surface area contributed by atoms with E-state index in [0.717, 1.165) is 12.3 Å². The number of fused-ring (bicyclic) bond motifs is 1. The highest BCUT2D eigenvalue weighted by Crippen LogP contribution is 2.29.